The van der Waals surface area contributed by atoms with Gasteiger partial charge in [-0.05, 0) is 25.3 Å². The van der Waals surface area contributed by atoms with Crippen LogP contribution in [0, 0.1) is 18.8 Å². The standard InChI is InChI=1S/C20H22N2O4S/c1-12-17(13-7-3-2-4-8-13)16(11-27-12)19(24)22-21-18(23)14-9-5-6-10-15(14)20(25)26/h2-4,7-8,11,14-15H,5-6,9-10H2,1H3,(H,21,23)(H,22,24)(H,25,26). The third kappa shape index (κ3) is 4.19. The van der Waals surface area contributed by atoms with E-state index in [0.717, 1.165) is 28.8 Å². The van der Waals surface area contributed by atoms with Crippen LogP contribution in [-0.2, 0) is 9.59 Å². The zero-order valence-corrected chi connectivity index (χ0v) is 15.8. The molecule has 7 heteroatoms. The number of nitrogens with one attached hydrogen (secondary N) is 2. The molecule has 0 spiro atoms. The van der Waals surface area contributed by atoms with Gasteiger partial charge in [0, 0.05) is 15.8 Å². The fourth-order valence-corrected chi connectivity index (χ4v) is 4.47. The van der Waals surface area contributed by atoms with E-state index >= 15 is 0 Å². The van der Waals surface area contributed by atoms with Gasteiger partial charge in [-0.2, -0.15) is 0 Å². The van der Waals surface area contributed by atoms with Gasteiger partial charge >= 0.3 is 5.97 Å². The van der Waals surface area contributed by atoms with Crippen molar-refractivity contribution in [1.29, 1.82) is 0 Å². The van der Waals surface area contributed by atoms with Crippen LogP contribution < -0.4 is 10.9 Å². The van der Waals surface area contributed by atoms with E-state index in [1.807, 2.05) is 37.3 Å². The number of hydrogen-bond donors (Lipinski definition) is 3. The lowest BCUT2D eigenvalue weighted by Crippen LogP contribution is -2.47. The summed E-state index contributed by atoms with van der Waals surface area (Å²) in [4.78, 5) is 37.4. The van der Waals surface area contributed by atoms with E-state index < -0.39 is 29.6 Å². The Morgan fingerprint density at radius 3 is 2.37 bits per heavy atom. The minimum absolute atomic E-state index is 0.408. The third-order valence-corrected chi connectivity index (χ3v) is 5.91. The summed E-state index contributed by atoms with van der Waals surface area (Å²) in [5.41, 5.74) is 7.15. The molecule has 3 rings (SSSR count). The lowest BCUT2D eigenvalue weighted by molar-refractivity contribution is -0.149. The molecule has 2 amide bonds. The van der Waals surface area contributed by atoms with Crippen LogP contribution in [0.5, 0.6) is 0 Å². The van der Waals surface area contributed by atoms with Gasteiger partial charge in [0.15, 0.2) is 0 Å². The number of hydrazine groups is 1. The number of carboxylic acids is 1. The van der Waals surface area contributed by atoms with E-state index in [-0.39, 0.29) is 0 Å². The van der Waals surface area contributed by atoms with Crippen LogP contribution in [0.3, 0.4) is 0 Å². The van der Waals surface area contributed by atoms with Gasteiger partial charge in [-0.3, -0.25) is 25.2 Å². The fourth-order valence-electron chi connectivity index (χ4n) is 3.60. The lowest BCUT2D eigenvalue weighted by Gasteiger charge is -2.27. The second kappa shape index (κ2) is 8.35. The molecular weight excluding hydrogens is 364 g/mol. The van der Waals surface area contributed by atoms with Crippen molar-refractivity contribution < 1.29 is 19.5 Å². The monoisotopic (exact) mass is 386 g/mol. The second-order valence-corrected chi connectivity index (χ2v) is 7.81. The van der Waals surface area contributed by atoms with Crippen LogP contribution in [-0.4, -0.2) is 22.9 Å². The van der Waals surface area contributed by atoms with E-state index in [1.165, 1.54) is 11.3 Å². The highest BCUT2D eigenvalue weighted by atomic mass is 32.1. The molecule has 1 saturated carbocycles. The highest BCUT2D eigenvalue weighted by molar-refractivity contribution is 7.10. The Morgan fingerprint density at radius 1 is 1.04 bits per heavy atom. The van der Waals surface area contributed by atoms with Gasteiger partial charge < -0.3 is 5.11 Å². The first kappa shape index (κ1) is 19.1. The fraction of sp³-hybridized carbons (Fsp3) is 0.350. The van der Waals surface area contributed by atoms with Crippen molar-refractivity contribution in [2.24, 2.45) is 11.8 Å². The number of aliphatic carboxylic acids is 1. The topological polar surface area (TPSA) is 95.5 Å². The molecule has 6 nitrogen and oxygen atoms in total. The Hall–Kier alpha value is -2.67. The quantitative estimate of drug-likeness (QED) is 0.702. The first-order valence-corrected chi connectivity index (χ1v) is 9.83. The average molecular weight is 386 g/mol. The molecule has 0 aliphatic heterocycles. The molecule has 1 aromatic carbocycles. The predicted molar refractivity (Wildman–Crippen MR) is 103 cm³/mol. The summed E-state index contributed by atoms with van der Waals surface area (Å²) in [5, 5.41) is 11.1. The molecule has 2 atom stereocenters. The van der Waals surface area contributed by atoms with E-state index in [1.54, 1.807) is 5.38 Å². The Bertz CT molecular complexity index is 847. The number of carboxylic acid groups (broad SMARTS) is 1. The van der Waals surface area contributed by atoms with E-state index in [2.05, 4.69) is 10.9 Å². The number of hydrogen-bond acceptors (Lipinski definition) is 4. The van der Waals surface area contributed by atoms with Crippen LogP contribution in [0.25, 0.3) is 11.1 Å². The van der Waals surface area contributed by atoms with E-state index in [9.17, 15) is 19.5 Å². The number of amides is 2. The number of thiophene rings is 1. The minimum atomic E-state index is -0.957. The van der Waals surface area contributed by atoms with Gasteiger partial charge in [0.1, 0.15) is 0 Å². The zero-order chi connectivity index (χ0) is 19.4. The summed E-state index contributed by atoms with van der Waals surface area (Å²) < 4.78 is 0. The molecule has 1 aliphatic carbocycles. The number of benzene rings is 1. The molecule has 1 heterocycles. The predicted octanol–water partition coefficient (Wildman–Crippen LogP) is 3.38. The van der Waals surface area contributed by atoms with Crippen LogP contribution in [0.2, 0.25) is 0 Å². The molecule has 27 heavy (non-hydrogen) atoms. The summed E-state index contributed by atoms with van der Waals surface area (Å²) in [6.07, 6.45) is 2.63. The van der Waals surface area contributed by atoms with E-state index in [4.69, 9.17) is 0 Å². The molecule has 1 fully saturated rings. The maximum atomic E-state index is 12.6. The second-order valence-electron chi connectivity index (χ2n) is 6.73. The van der Waals surface area contributed by atoms with Crippen molar-refractivity contribution in [3.8, 4) is 11.1 Å². The maximum Gasteiger partial charge on any atom is 0.307 e. The summed E-state index contributed by atoms with van der Waals surface area (Å²) in [5.74, 6) is -3.12. The van der Waals surface area contributed by atoms with Crippen molar-refractivity contribution >= 4 is 29.1 Å². The Balaban J connectivity index is 1.70. The van der Waals surface area contributed by atoms with Crippen LogP contribution in [0.1, 0.15) is 40.9 Å². The van der Waals surface area contributed by atoms with Gasteiger partial charge in [-0.25, -0.2) is 0 Å². The lowest BCUT2D eigenvalue weighted by atomic mass is 9.79. The summed E-state index contributed by atoms with van der Waals surface area (Å²) in [6.45, 7) is 1.95. The molecule has 0 radical (unpaired) electrons. The van der Waals surface area contributed by atoms with Crippen molar-refractivity contribution in [3.05, 3.63) is 46.2 Å². The normalized spacial score (nSPS) is 19.3. The largest absolute Gasteiger partial charge is 0.481 e. The number of carbonyl (C=O) groups is 3. The molecular formula is C20H22N2O4S. The minimum Gasteiger partial charge on any atom is -0.481 e. The summed E-state index contributed by atoms with van der Waals surface area (Å²) >= 11 is 1.47. The SMILES string of the molecule is Cc1scc(C(=O)NNC(=O)C2CCCCC2C(=O)O)c1-c1ccccc1. The van der Waals surface area contributed by atoms with Crippen molar-refractivity contribution in [2.45, 2.75) is 32.6 Å². The Labute approximate surface area is 161 Å². The molecule has 0 saturated heterocycles. The van der Waals surface area contributed by atoms with Gasteiger partial charge in [0.05, 0.1) is 17.4 Å². The van der Waals surface area contributed by atoms with Gasteiger partial charge in [0.2, 0.25) is 5.91 Å². The van der Waals surface area contributed by atoms with Gasteiger partial charge in [-0.15, -0.1) is 11.3 Å². The van der Waals surface area contributed by atoms with Crippen molar-refractivity contribution in [1.82, 2.24) is 10.9 Å². The molecule has 3 N–H and O–H groups in total. The Morgan fingerprint density at radius 2 is 1.70 bits per heavy atom. The molecule has 2 aromatic rings. The molecule has 142 valence electrons. The van der Waals surface area contributed by atoms with E-state index in [0.29, 0.717) is 18.4 Å². The molecule has 1 aliphatic rings. The van der Waals surface area contributed by atoms with Crippen LogP contribution >= 0.6 is 11.3 Å². The first-order valence-electron chi connectivity index (χ1n) is 8.95. The molecule has 2 unspecified atom stereocenters. The van der Waals surface area contributed by atoms with Crippen LogP contribution in [0.15, 0.2) is 35.7 Å². The van der Waals surface area contributed by atoms with Gasteiger partial charge in [-0.1, -0.05) is 43.2 Å². The summed E-state index contributed by atoms with van der Waals surface area (Å²) in [7, 11) is 0. The highest BCUT2D eigenvalue weighted by Gasteiger charge is 2.35. The molecule has 1 aromatic heterocycles. The Kier molecular flexibility index (Phi) is 5.91. The van der Waals surface area contributed by atoms with Crippen LogP contribution in [0.4, 0.5) is 0 Å². The number of carbonyl (C=O) groups excluding carboxylic acids is 2. The average Bonchev–Trinajstić information content (AvgIpc) is 3.08. The number of rotatable bonds is 4. The number of aryl methyl sites for hydroxylation is 1. The van der Waals surface area contributed by atoms with Crippen molar-refractivity contribution in [2.75, 3.05) is 0 Å². The van der Waals surface area contributed by atoms with Crippen molar-refractivity contribution in [3.63, 3.8) is 0 Å². The maximum absolute atomic E-state index is 12.6. The summed E-state index contributed by atoms with van der Waals surface area (Å²) in [6, 6.07) is 9.60. The smallest absolute Gasteiger partial charge is 0.307 e. The molecule has 0 bridgehead atoms. The van der Waals surface area contributed by atoms with Gasteiger partial charge in [0.25, 0.3) is 5.91 Å². The third-order valence-electron chi connectivity index (χ3n) is 5.00. The highest BCUT2D eigenvalue weighted by Crippen LogP contribution is 2.32. The zero-order valence-electron chi connectivity index (χ0n) is 15.0. The first-order chi connectivity index (χ1) is 13.0.